The van der Waals surface area contributed by atoms with Gasteiger partial charge in [0.15, 0.2) is 0 Å². The van der Waals surface area contributed by atoms with E-state index in [1.807, 2.05) is 12.1 Å². The second-order valence-corrected chi connectivity index (χ2v) is 9.52. The minimum atomic E-state index is -0.872. The van der Waals surface area contributed by atoms with E-state index in [1.54, 1.807) is 99.3 Å². The Morgan fingerprint density at radius 3 is 1.43 bits per heavy atom. The van der Waals surface area contributed by atoms with Crippen molar-refractivity contribution in [2.45, 2.75) is 26.4 Å². The van der Waals surface area contributed by atoms with Crippen LogP contribution in [0.25, 0.3) is 0 Å². The van der Waals surface area contributed by atoms with Crippen molar-refractivity contribution in [1.82, 2.24) is 20.8 Å². The van der Waals surface area contributed by atoms with Crippen molar-refractivity contribution < 1.29 is 28.5 Å². The number of rotatable bonds is 10. The van der Waals surface area contributed by atoms with Crippen LogP contribution >= 0.6 is 0 Å². The number of hydrogen-bond donors (Lipinski definition) is 2. The van der Waals surface area contributed by atoms with E-state index in [0.29, 0.717) is 47.3 Å². The van der Waals surface area contributed by atoms with Gasteiger partial charge in [-0.15, -0.1) is 0 Å². The number of amides is 2. The maximum absolute atomic E-state index is 12.6. The van der Waals surface area contributed by atoms with E-state index in [2.05, 4.69) is 31.0 Å². The van der Waals surface area contributed by atoms with Gasteiger partial charge in [-0.2, -0.15) is 10.2 Å². The van der Waals surface area contributed by atoms with Gasteiger partial charge >= 0.3 is 0 Å². The minimum Gasteiger partial charge on any atom is -0.458 e. The molecule has 1 aliphatic heterocycles. The van der Waals surface area contributed by atoms with Crippen molar-refractivity contribution in [2.75, 3.05) is 13.2 Å². The van der Waals surface area contributed by atoms with Crippen LogP contribution in [0.15, 0.2) is 108 Å². The Hall–Kier alpha value is -5.46. The standard InChI is InChI=1S/C32H30N6O6/c1-21(25-5-3-15-33-19-25)35-37-29(39)23-7-11-27(12-8-23)43-31-32(42-18-17-41-31)44-28-13-9-24(10-14-28)30(40)38-36-22(2)26-6-4-16-34-20-26/h3-16,19-20,31-32H,17-18H2,1-2H3,(H,37,39)(H,38,40)/b35-21+,36-22+/t31-,32+. The molecule has 44 heavy (non-hydrogen) atoms. The topological polar surface area (TPSA) is 146 Å². The summed E-state index contributed by atoms with van der Waals surface area (Å²) in [6.07, 6.45) is 4.93. The second kappa shape index (κ2) is 14.6. The normalized spacial score (nSPS) is 17.0. The second-order valence-electron chi connectivity index (χ2n) is 9.52. The Kier molecular flexibility index (Phi) is 9.98. The zero-order valence-electron chi connectivity index (χ0n) is 24.0. The minimum absolute atomic E-state index is 0.317. The van der Waals surface area contributed by atoms with Crippen LogP contribution < -0.4 is 20.3 Å². The third-order valence-corrected chi connectivity index (χ3v) is 6.42. The molecule has 2 N–H and O–H groups in total. The van der Waals surface area contributed by atoms with Crippen LogP contribution in [-0.2, 0) is 9.47 Å². The summed E-state index contributed by atoms with van der Waals surface area (Å²) in [4.78, 5) is 33.2. The molecule has 0 saturated carbocycles. The van der Waals surface area contributed by atoms with Gasteiger partial charge in [0.25, 0.3) is 24.4 Å². The van der Waals surface area contributed by atoms with Gasteiger partial charge in [-0.05, 0) is 74.5 Å². The Bertz CT molecular complexity index is 1490. The van der Waals surface area contributed by atoms with E-state index >= 15 is 0 Å². The molecule has 5 rings (SSSR count). The lowest BCUT2D eigenvalue weighted by molar-refractivity contribution is -0.271. The number of benzene rings is 2. The van der Waals surface area contributed by atoms with Crippen molar-refractivity contribution in [3.63, 3.8) is 0 Å². The summed E-state index contributed by atoms with van der Waals surface area (Å²) in [6, 6.07) is 20.4. The van der Waals surface area contributed by atoms with Gasteiger partial charge in [0.1, 0.15) is 11.5 Å². The summed E-state index contributed by atoms with van der Waals surface area (Å²) in [5, 5.41) is 8.28. The number of nitrogens with one attached hydrogen (secondary N) is 2. The van der Waals surface area contributed by atoms with E-state index in [4.69, 9.17) is 18.9 Å². The van der Waals surface area contributed by atoms with Crippen molar-refractivity contribution in [3.8, 4) is 11.5 Å². The molecule has 0 bridgehead atoms. The average Bonchev–Trinajstić information content (AvgIpc) is 3.08. The first-order valence-electron chi connectivity index (χ1n) is 13.7. The molecule has 1 saturated heterocycles. The molecule has 12 nitrogen and oxygen atoms in total. The molecule has 2 aromatic heterocycles. The molecule has 2 aromatic carbocycles. The highest BCUT2D eigenvalue weighted by atomic mass is 16.8. The summed E-state index contributed by atoms with van der Waals surface area (Å²) >= 11 is 0. The first-order chi connectivity index (χ1) is 21.5. The Labute approximate surface area is 253 Å². The van der Waals surface area contributed by atoms with Crippen molar-refractivity contribution >= 4 is 23.2 Å². The third kappa shape index (κ3) is 8.09. The van der Waals surface area contributed by atoms with E-state index in [1.165, 1.54) is 0 Å². The first-order valence-corrected chi connectivity index (χ1v) is 13.7. The van der Waals surface area contributed by atoms with Gasteiger partial charge in [-0.25, -0.2) is 10.9 Å². The molecule has 12 heteroatoms. The predicted molar refractivity (Wildman–Crippen MR) is 161 cm³/mol. The van der Waals surface area contributed by atoms with Crippen LogP contribution in [0, 0.1) is 0 Å². The zero-order chi connectivity index (χ0) is 30.7. The summed E-state index contributed by atoms with van der Waals surface area (Å²) < 4.78 is 23.4. The fraction of sp³-hybridized carbons (Fsp3) is 0.188. The lowest BCUT2D eigenvalue weighted by Gasteiger charge is -2.31. The van der Waals surface area contributed by atoms with Crippen molar-refractivity contribution in [1.29, 1.82) is 0 Å². The number of pyridine rings is 2. The quantitative estimate of drug-likeness (QED) is 0.207. The number of ether oxygens (including phenoxy) is 4. The van der Waals surface area contributed by atoms with Crippen LogP contribution in [0.5, 0.6) is 11.5 Å². The lowest BCUT2D eigenvalue weighted by Crippen LogP contribution is -2.45. The molecule has 0 aliphatic carbocycles. The molecule has 1 aliphatic rings. The van der Waals surface area contributed by atoms with E-state index in [9.17, 15) is 9.59 Å². The maximum Gasteiger partial charge on any atom is 0.271 e. The van der Waals surface area contributed by atoms with E-state index < -0.39 is 12.6 Å². The van der Waals surface area contributed by atoms with Gasteiger partial charge in [-0.3, -0.25) is 19.6 Å². The molecule has 3 heterocycles. The number of hydrogen-bond acceptors (Lipinski definition) is 10. The molecule has 2 atom stereocenters. The number of aromatic nitrogens is 2. The Morgan fingerprint density at radius 1 is 0.659 bits per heavy atom. The molecule has 0 radical (unpaired) electrons. The van der Waals surface area contributed by atoms with Gasteiger partial charge in [0.05, 0.1) is 24.6 Å². The monoisotopic (exact) mass is 594 g/mol. The predicted octanol–water partition coefficient (Wildman–Crippen LogP) is 3.94. The SMILES string of the molecule is C/C(=N\NC(=O)c1ccc(O[C@H]2OCCO[C@H]2Oc2ccc(C(=O)N/N=C(\C)c3cccnc3)cc2)cc1)c1cccnc1. The average molecular weight is 595 g/mol. The smallest absolute Gasteiger partial charge is 0.271 e. The molecule has 1 fully saturated rings. The lowest BCUT2D eigenvalue weighted by atomic mass is 10.2. The van der Waals surface area contributed by atoms with Gasteiger partial charge < -0.3 is 18.9 Å². The van der Waals surface area contributed by atoms with Crippen LogP contribution in [-0.4, -0.2) is 59.0 Å². The summed E-state index contributed by atoms with van der Waals surface area (Å²) in [5.41, 5.74) is 8.76. The number of carbonyl (C=O) groups is 2. The molecular weight excluding hydrogens is 564 g/mol. The zero-order valence-corrected chi connectivity index (χ0v) is 24.0. The largest absolute Gasteiger partial charge is 0.458 e. The van der Waals surface area contributed by atoms with Gasteiger partial charge in [-0.1, -0.05) is 12.1 Å². The molecule has 2 amide bonds. The molecule has 0 spiro atoms. The maximum atomic E-state index is 12.6. The van der Waals surface area contributed by atoms with E-state index in [0.717, 1.165) is 11.1 Å². The summed E-state index contributed by atoms with van der Waals surface area (Å²) in [6.45, 7) is 4.20. The fourth-order valence-electron chi connectivity index (χ4n) is 3.98. The van der Waals surface area contributed by atoms with Gasteiger partial charge in [0, 0.05) is 47.0 Å². The van der Waals surface area contributed by atoms with Crippen LogP contribution in [0.1, 0.15) is 45.7 Å². The van der Waals surface area contributed by atoms with Gasteiger partial charge in [0.2, 0.25) is 0 Å². The number of carbonyl (C=O) groups excluding carboxylic acids is 2. The van der Waals surface area contributed by atoms with Crippen molar-refractivity contribution in [3.05, 3.63) is 120 Å². The Morgan fingerprint density at radius 2 is 1.07 bits per heavy atom. The highest BCUT2D eigenvalue weighted by molar-refractivity contribution is 6.01. The fourth-order valence-corrected chi connectivity index (χ4v) is 3.98. The molecule has 4 aromatic rings. The number of nitrogens with zero attached hydrogens (tertiary/aromatic N) is 4. The first kappa shape index (κ1) is 30.0. The number of hydrazone groups is 2. The highest BCUT2D eigenvalue weighted by Crippen LogP contribution is 2.22. The summed E-state index contributed by atoms with van der Waals surface area (Å²) in [7, 11) is 0. The summed E-state index contributed by atoms with van der Waals surface area (Å²) in [5.74, 6) is 0.168. The highest BCUT2D eigenvalue weighted by Gasteiger charge is 2.31. The molecule has 0 unspecified atom stereocenters. The molecular formula is C32H30N6O6. The Balaban J connectivity index is 1.14. The van der Waals surface area contributed by atoms with E-state index in [-0.39, 0.29) is 11.8 Å². The van der Waals surface area contributed by atoms with Crippen LogP contribution in [0.2, 0.25) is 0 Å². The third-order valence-electron chi connectivity index (χ3n) is 6.42. The van der Waals surface area contributed by atoms with Crippen molar-refractivity contribution in [2.24, 2.45) is 10.2 Å². The van der Waals surface area contributed by atoms with Crippen LogP contribution in [0.3, 0.4) is 0 Å². The molecule has 224 valence electrons. The van der Waals surface area contributed by atoms with Crippen LogP contribution in [0.4, 0.5) is 0 Å².